The Bertz CT molecular complexity index is 336. The van der Waals surface area contributed by atoms with Crippen LogP contribution in [-0.4, -0.2) is 23.1 Å². The molecule has 5 rings (SSSR count). The van der Waals surface area contributed by atoms with Crippen LogP contribution in [0.2, 0.25) is 0 Å². The molecule has 1 saturated heterocycles. The highest BCUT2D eigenvalue weighted by Crippen LogP contribution is 2.61. The molecule has 1 nitrogen and oxygen atoms in total. The molecule has 0 aromatic carbocycles. The first-order valence-electron chi connectivity index (χ1n) is 8.94. The van der Waals surface area contributed by atoms with E-state index in [1.54, 1.807) is 19.3 Å². The van der Waals surface area contributed by atoms with Gasteiger partial charge in [0.05, 0.1) is 0 Å². The highest BCUT2D eigenvalue weighted by atomic mass is 32.2. The summed E-state index contributed by atoms with van der Waals surface area (Å²) in [5, 5.41) is 4.00. The fraction of sp³-hybridized carbons (Fsp3) is 1.00. The van der Waals surface area contributed by atoms with E-state index in [-0.39, 0.29) is 0 Å². The molecule has 5 fully saturated rings. The number of hydrogen-bond donors (Lipinski definition) is 1. The average molecular weight is 294 g/mol. The van der Waals surface area contributed by atoms with Crippen molar-refractivity contribution in [2.24, 2.45) is 23.2 Å². The Morgan fingerprint density at radius 1 is 1.10 bits per heavy atom. The molecule has 20 heavy (non-hydrogen) atoms. The zero-order chi connectivity index (χ0) is 13.8. The third-order valence-corrected chi connectivity index (χ3v) is 8.63. The smallest absolute Gasteiger partial charge is 0.0256 e. The lowest BCUT2D eigenvalue weighted by Gasteiger charge is -2.59. The normalized spacial score (nSPS) is 51.6. The summed E-state index contributed by atoms with van der Waals surface area (Å²) in [6.07, 6.45) is 12.2. The molecule has 4 saturated carbocycles. The fourth-order valence-corrected chi connectivity index (χ4v) is 7.53. The second-order valence-electron chi connectivity index (χ2n) is 8.78. The molecule has 2 unspecified atom stereocenters. The van der Waals surface area contributed by atoms with Crippen molar-refractivity contribution in [1.29, 1.82) is 0 Å². The summed E-state index contributed by atoms with van der Waals surface area (Å²) in [6, 6.07) is 0.744. The molecule has 4 aliphatic carbocycles. The molecule has 5 aliphatic rings. The molecule has 1 N–H and O–H groups in total. The molecular formula is C18H31NS. The van der Waals surface area contributed by atoms with Crippen LogP contribution in [0.3, 0.4) is 0 Å². The molecule has 1 aliphatic heterocycles. The third kappa shape index (κ3) is 2.35. The van der Waals surface area contributed by atoms with E-state index in [9.17, 15) is 0 Å². The van der Waals surface area contributed by atoms with Crippen LogP contribution in [0.25, 0.3) is 0 Å². The van der Waals surface area contributed by atoms with Gasteiger partial charge in [-0.15, -0.1) is 0 Å². The minimum Gasteiger partial charge on any atom is -0.312 e. The van der Waals surface area contributed by atoms with Crippen molar-refractivity contribution >= 4 is 11.8 Å². The highest BCUT2D eigenvalue weighted by molar-refractivity contribution is 8.00. The third-order valence-electron chi connectivity index (χ3n) is 7.09. The first-order chi connectivity index (χ1) is 9.57. The van der Waals surface area contributed by atoms with Gasteiger partial charge in [-0.1, -0.05) is 0 Å². The van der Waals surface area contributed by atoms with Crippen LogP contribution in [-0.2, 0) is 0 Å². The molecular weight excluding hydrogens is 262 g/mol. The predicted molar refractivity (Wildman–Crippen MR) is 88.2 cm³/mol. The molecule has 2 heteroatoms. The Labute approximate surface area is 129 Å². The van der Waals surface area contributed by atoms with E-state index in [1.807, 2.05) is 0 Å². The number of thioether (sulfide) groups is 1. The van der Waals surface area contributed by atoms with Gasteiger partial charge in [0.15, 0.2) is 0 Å². The number of hydrogen-bond acceptors (Lipinski definition) is 2. The summed E-state index contributed by atoms with van der Waals surface area (Å²) >= 11 is 2.20. The molecule has 1 heterocycles. The Morgan fingerprint density at radius 2 is 1.70 bits per heavy atom. The van der Waals surface area contributed by atoms with Crippen LogP contribution in [0, 0.1) is 23.2 Å². The van der Waals surface area contributed by atoms with Crippen LogP contribution < -0.4 is 5.32 Å². The SMILES string of the molecule is CC(NCC1(C)CCCS1)C12CC3CC(CC(C3)C1)C2. The summed E-state index contributed by atoms with van der Waals surface area (Å²) in [7, 11) is 0. The van der Waals surface area contributed by atoms with Crippen LogP contribution in [0.5, 0.6) is 0 Å². The highest BCUT2D eigenvalue weighted by Gasteiger charge is 2.53. The summed E-state index contributed by atoms with van der Waals surface area (Å²) in [4.78, 5) is 0. The summed E-state index contributed by atoms with van der Waals surface area (Å²) in [5.41, 5.74) is 0.675. The standard InChI is InChI=1S/C18H31NS/c1-13(19-12-17(2)4-3-5-20-17)18-9-14-6-15(10-18)8-16(7-14)11-18/h13-16,19H,3-12H2,1-2H3. The van der Waals surface area contributed by atoms with Gasteiger partial charge in [-0.2, -0.15) is 11.8 Å². The van der Waals surface area contributed by atoms with Crippen LogP contribution in [0.4, 0.5) is 0 Å². The van der Waals surface area contributed by atoms with E-state index in [2.05, 4.69) is 30.9 Å². The maximum absolute atomic E-state index is 4.00. The monoisotopic (exact) mass is 293 g/mol. The van der Waals surface area contributed by atoms with Crippen LogP contribution in [0.15, 0.2) is 0 Å². The van der Waals surface area contributed by atoms with Crippen molar-refractivity contribution in [1.82, 2.24) is 5.32 Å². The summed E-state index contributed by atoms with van der Waals surface area (Å²) < 4.78 is 0.524. The Morgan fingerprint density at radius 3 is 2.20 bits per heavy atom. The molecule has 114 valence electrons. The predicted octanol–water partition coefficient (Wildman–Crippen LogP) is 4.47. The van der Waals surface area contributed by atoms with Crippen molar-refractivity contribution < 1.29 is 0 Å². The second-order valence-corrected chi connectivity index (χ2v) is 10.5. The minimum atomic E-state index is 0.524. The van der Waals surface area contributed by atoms with Crippen molar-refractivity contribution in [3.05, 3.63) is 0 Å². The number of nitrogens with one attached hydrogen (secondary N) is 1. The van der Waals surface area contributed by atoms with E-state index in [1.165, 1.54) is 44.4 Å². The first kappa shape index (κ1) is 13.9. The molecule has 0 spiro atoms. The van der Waals surface area contributed by atoms with E-state index < -0.39 is 0 Å². The second kappa shape index (κ2) is 4.91. The van der Waals surface area contributed by atoms with Crippen LogP contribution in [0.1, 0.15) is 65.2 Å². The molecule has 0 radical (unpaired) electrons. The minimum absolute atomic E-state index is 0.524. The van der Waals surface area contributed by atoms with Gasteiger partial charge in [-0.25, -0.2) is 0 Å². The zero-order valence-corrected chi connectivity index (χ0v) is 14.1. The lowest BCUT2D eigenvalue weighted by molar-refractivity contribution is -0.0705. The van der Waals surface area contributed by atoms with Gasteiger partial charge in [0.2, 0.25) is 0 Å². The Hall–Kier alpha value is 0.310. The maximum atomic E-state index is 4.00. The number of rotatable bonds is 4. The van der Waals surface area contributed by atoms with Gasteiger partial charge in [-0.3, -0.25) is 0 Å². The van der Waals surface area contributed by atoms with E-state index in [0.717, 1.165) is 23.8 Å². The Balaban J connectivity index is 1.41. The molecule has 0 aromatic rings. The molecule has 2 atom stereocenters. The van der Waals surface area contributed by atoms with Crippen molar-refractivity contribution in [3.8, 4) is 0 Å². The topological polar surface area (TPSA) is 12.0 Å². The molecule has 4 bridgehead atoms. The van der Waals surface area contributed by atoms with Crippen molar-refractivity contribution in [2.45, 2.75) is 76.0 Å². The van der Waals surface area contributed by atoms with Gasteiger partial charge >= 0.3 is 0 Å². The fourth-order valence-electron chi connectivity index (χ4n) is 6.27. The van der Waals surface area contributed by atoms with Gasteiger partial charge < -0.3 is 5.32 Å². The van der Waals surface area contributed by atoms with E-state index in [0.29, 0.717) is 10.2 Å². The largest absolute Gasteiger partial charge is 0.312 e. The zero-order valence-electron chi connectivity index (χ0n) is 13.3. The van der Waals surface area contributed by atoms with E-state index >= 15 is 0 Å². The average Bonchev–Trinajstić information content (AvgIpc) is 2.82. The first-order valence-corrected chi connectivity index (χ1v) is 9.93. The molecule has 0 aromatic heterocycles. The van der Waals surface area contributed by atoms with Crippen molar-refractivity contribution in [3.63, 3.8) is 0 Å². The van der Waals surface area contributed by atoms with Gasteiger partial charge in [-0.05, 0) is 94.1 Å². The van der Waals surface area contributed by atoms with Gasteiger partial charge in [0.1, 0.15) is 0 Å². The Kier molecular flexibility index (Phi) is 3.42. The quantitative estimate of drug-likeness (QED) is 0.821. The summed E-state index contributed by atoms with van der Waals surface area (Å²) in [6.45, 7) is 6.22. The molecule has 0 amide bonds. The lowest BCUT2D eigenvalue weighted by atomic mass is 9.48. The van der Waals surface area contributed by atoms with Crippen LogP contribution >= 0.6 is 11.8 Å². The lowest BCUT2D eigenvalue weighted by Crippen LogP contribution is -2.56. The van der Waals surface area contributed by atoms with E-state index in [4.69, 9.17) is 0 Å². The van der Waals surface area contributed by atoms with Gasteiger partial charge in [0, 0.05) is 17.3 Å². The van der Waals surface area contributed by atoms with Crippen molar-refractivity contribution in [2.75, 3.05) is 12.3 Å². The van der Waals surface area contributed by atoms with Gasteiger partial charge in [0.25, 0.3) is 0 Å². The maximum Gasteiger partial charge on any atom is 0.0256 e. The summed E-state index contributed by atoms with van der Waals surface area (Å²) in [5.74, 6) is 4.63.